The number of benzene rings is 1. The standard InChI is InChI=1S/C15H18BrN3O2/c1-9-7-12(16)5-6-14(9)17-15(20)19(4)8-13-10(2)18-21-11(13)3/h5-7H,8H2,1-4H3,(H,17,20). The van der Waals surface area contributed by atoms with Crippen LogP contribution in [0.4, 0.5) is 10.5 Å². The number of halogens is 1. The zero-order valence-electron chi connectivity index (χ0n) is 12.5. The van der Waals surface area contributed by atoms with E-state index >= 15 is 0 Å². The van der Waals surface area contributed by atoms with Crippen LogP contribution in [0.1, 0.15) is 22.6 Å². The van der Waals surface area contributed by atoms with Crippen LogP contribution in [0.3, 0.4) is 0 Å². The fraction of sp³-hybridized carbons (Fsp3) is 0.333. The van der Waals surface area contributed by atoms with Gasteiger partial charge < -0.3 is 14.7 Å². The van der Waals surface area contributed by atoms with Crippen molar-refractivity contribution in [3.63, 3.8) is 0 Å². The molecule has 0 saturated heterocycles. The number of amides is 2. The summed E-state index contributed by atoms with van der Waals surface area (Å²) < 4.78 is 6.10. The molecule has 1 N–H and O–H groups in total. The molecule has 0 spiro atoms. The van der Waals surface area contributed by atoms with Crippen LogP contribution in [0.25, 0.3) is 0 Å². The molecule has 0 aliphatic heterocycles. The van der Waals surface area contributed by atoms with Gasteiger partial charge in [0.1, 0.15) is 5.76 Å². The molecule has 0 saturated carbocycles. The molecule has 2 amide bonds. The van der Waals surface area contributed by atoms with Gasteiger partial charge in [0, 0.05) is 22.8 Å². The zero-order valence-corrected chi connectivity index (χ0v) is 14.1. The Labute approximate surface area is 132 Å². The third kappa shape index (κ3) is 3.64. The predicted molar refractivity (Wildman–Crippen MR) is 85.3 cm³/mol. The van der Waals surface area contributed by atoms with E-state index in [1.165, 1.54) is 0 Å². The summed E-state index contributed by atoms with van der Waals surface area (Å²) in [6.07, 6.45) is 0. The molecule has 0 fully saturated rings. The second-order valence-electron chi connectivity index (χ2n) is 5.05. The Morgan fingerprint density at radius 2 is 2.10 bits per heavy atom. The summed E-state index contributed by atoms with van der Waals surface area (Å²) >= 11 is 3.41. The second kappa shape index (κ2) is 6.30. The van der Waals surface area contributed by atoms with Crippen LogP contribution in [0.2, 0.25) is 0 Å². The lowest BCUT2D eigenvalue weighted by atomic mass is 10.2. The van der Waals surface area contributed by atoms with E-state index in [1.54, 1.807) is 11.9 Å². The molecule has 1 heterocycles. The summed E-state index contributed by atoms with van der Waals surface area (Å²) in [6.45, 7) is 6.13. The third-order valence-corrected chi connectivity index (χ3v) is 3.85. The molecule has 21 heavy (non-hydrogen) atoms. The Hall–Kier alpha value is -1.82. The normalized spacial score (nSPS) is 10.5. The highest BCUT2D eigenvalue weighted by atomic mass is 79.9. The van der Waals surface area contributed by atoms with Crippen LogP contribution in [-0.2, 0) is 6.54 Å². The average molecular weight is 352 g/mol. The van der Waals surface area contributed by atoms with Crippen LogP contribution >= 0.6 is 15.9 Å². The van der Waals surface area contributed by atoms with Crippen molar-refractivity contribution in [2.75, 3.05) is 12.4 Å². The predicted octanol–water partition coefficient (Wildman–Crippen LogP) is 4.03. The maximum Gasteiger partial charge on any atom is 0.321 e. The van der Waals surface area contributed by atoms with Crippen LogP contribution in [0.15, 0.2) is 27.2 Å². The Morgan fingerprint density at radius 1 is 1.38 bits per heavy atom. The van der Waals surface area contributed by atoms with E-state index in [0.29, 0.717) is 6.54 Å². The van der Waals surface area contributed by atoms with Crippen molar-refractivity contribution in [2.24, 2.45) is 0 Å². The van der Waals surface area contributed by atoms with Gasteiger partial charge in [-0.1, -0.05) is 21.1 Å². The molecular formula is C15H18BrN3O2. The number of nitrogens with one attached hydrogen (secondary N) is 1. The van der Waals surface area contributed by atoms with Crippen molar-refractivity contribution in [1.82, 2.24) is 10.1 Å². The first kappa shape index (κ1) is 15.6. The molecule has 5 nitrogen and oxygen atoms in total. The van der Waals surface area contributed by atoms with E-state index in [-0.39, 0.29) is 6.03 Å². The Kier molecular flexibility index (Phi) is 4.67. The highest BCUT2D eigenvalue weighted by molar-refractivity contribution is 9.10. The fourth-order valence-electron chi connectivity index (χ4n) is 2.01. The number of urea groups is 1. The SMILES string of the molecule is Cc1cc(Br)ccc1NC(=O)N(C)Cc1c(C)noc1C. The maximum absolute atomic E-state index is 12.3. The first-order valence-electron chi connectivity index (χ1n) is 6.58. The summed E-state index contributed by atoms with van der Waals surface area (Å²) in [6, 6.07) is 5.57. The van der Waals surface area contributed by atoms with Crippen molar-refractivity contribution in [2.45, 2.75) is 27.3 Å². The summed E-state index contributed by atoms with van der Waals surface area (Å²) in [5, 5.41) is 6.80. The van der Waals surface area contributed by atoms with Gasteiger partial charge in [-0.2, -0.15) is 0 Å². The van der Waals surface area contributed by atoms with Crippen molar-refractivity contribution >= 4 is 27.6 Å². The number of anilines is 1. The molecule has 0 atom stereocenters. The first-order chi connectivity index (χ1) is 9.88. The van der Waals surface area contributed by atoms with Crippen molar-refractivity contribution in [3.05, 3.63) is 45.3 Å². The number of hydrogen-bond acceptors (Lipinski definition) is 3. The minimum absolute atomic E-state index is 0.166. The molecule has 0 unspecified atom stereocenters. The molecule has 0 aliphatic rings. The molecule has 1 aromatic carbocycles. The van der Waals surface area contributed by atoms with Crippen LogP contribution in [0, 0.1) is 20.8 Å². The van der Waals surface area contributed by atoms with Crippen molar-refractivity contribution in [3.8, 4) is 0 Å². The number of nitrogens with zero attached hydrogens (tertiary/aromatic N) is 2. The molecule has 2 aromatic rings. The van der Waals surface area contributed by atoms with Crippen LogP contribution < -0.4 is 5.32 Å². The summed E-state index contributed by atoms with van der Waals surface area (Å²) in [7, 11) is 1.75. The van der Waals surface area contributed by atoms with Gasteiger partial charge in [0.05, 0.1) is 12.2 Å². The fourth-order valence-corrected chi connectivity index (χ4v) is 2.49. The zero-order chi connectivity index (χ0) is 15.6. The van der Waals surface area contributed by atoms with E-state index in [1.807, 2.05) is 39.0 Å². The van der Waals surface area contributed by atoms with Gasteiger partial charge in [0.2, 0.25) is 0 Å². The highest BCUT2D eigenvalue weighted by Crippen LogP contribution is 2.21. The summed E-state index contributed by atoms with van der Waals surface area (Å²) in [4.78, 5) is 13.9. The van der Waals surface area contributed by atoms with Gasteiger partial charge >= 0.3 is 6.03 Å². The third-order valence-electron chi connectivity index (χ3n) is 3.35. The average Bonchev–Trinajstić information content (AvgIpc) is 2.73. The van der Waals surface area contributed by atoms with Crippen molar-refractivity contribution in [1.29, 1.82) is 0 Å². The number of hydrogen-bond donors (Lipinski definition) is 1. The van der Waals surface area contributed by atoms with Gasteiger partial charge in [-0.25, -0.2) is 4.79 Å². The number of aromatic nitrogens is 1. The van der Waals surface area contributed by atoms with Gasteiger partial charge in [-0.3, -0.25) is 0 Å². The number of carbonyl (C=O) groups is 1. The highest BCUT2D eigenvalue weighted by Gasteiger charge is 2.16. The lowest BCUT2D eigenvalue weighted by Crippen LogP contribution is -2.31. The number of rotatable bonds is 3. The van der Waals surface area contributed by atoms with Crippen LogP contribution in [-0.4, -0.2) is 23.1 Å². The molecule has 6 heteroatoms. The molecular weight excluding hydrogens is 334 g/mol. The van der Waals surface area contributed by atoms with E-state index in [9.17, 15) is 4.79 Å². The minimum atomic E-state index is -0.166. The quantitative estimate of drug-likeness (QED) is 0.908. The van der Waals surface area contributed by atoms with Gasteiger partial charge in [-0.15, -0.1) is 0 Å². The van der Waals surface area contributed by atoms with Crippen LogP contribution in [0.5, 0.6) is 0 Å². The molecule has 2 rings (SSSR count). The smallest absolute Gasteiger partial charge is 0.321 e. The van der Waals surface area contributed by atoms with E-state index in [2.05, 4.69) is 26.4 Å². The second-order valence-corrected chi connectivity index (χ2v) is 5.96. The first-order valence-corrected chi connectivity index (χ1v) is 7.38. The molecule has 0 aliphatic carbocycles. The van der Waals surface area contributed by atoms with Gasteiger partial charge in [0.15, 0.2) is 0 Å². The van der Waals surface area contributed by atoms with E-state index in [0.717, 1.165) is 32.7 Å². The van der Waals surface area contributed by atoms with E-state index < -0.39 is 0 Å². The Bertz CT molecular complexity index is 647. The van der Waals surface area contributed by atoms with Gasteiger partial charge in [0.25, 0.3) is 0 Å². The van der Waals surface area contributed by atoms with E-state index in [4.69, 9.17) is 4.52 Å². The van der Waals surface area contributed by atoms with Gasteiger partial charge in [-0.05, 0) is 44.5 Å². The lowest BCUT2D eigenvalue weighted by Gasteiger charge is -2.18. The number of aryl methyl sites for hydroxylation is 3. The van der Waals surface area contributed by atoms with Crippen molar-refractivity contribution < 1.29 is 9.32 Å². The maximum atomic E-state index is 12.3. The topological polar surface area (TPSA) is 58.4 Å². The molecule has 0 bridgehead atoms. The largest absolute Gasteiger partial charge is 0.361 e. The number of carbonyl (C=O) groups excluding carboxylic acids is 1. The molecule has 0 radical (unpaired) electrons. The summed E-state index contributed by atoms with van der Waals surface area (Å²) in [5.41, 5.74) is 3.56. The Morgan fingerprint density at radius 3 is 2.67 bits per heavy atom. The molecule has 112 valence electrons. The lowest BCUT2D eigenvalue weighted by molar-refractivity contribution is 0.220. The summed E-state index contributed by atoms with van der Waals surface area (Å²) in [5.74, 6) is 0.743. The monoisotopic (exact) mass is 351 g/mol. The molecule has 1 aromatic heterocycles. The minimum Gasteiger partial charge on any atom is -0.361 e. The Balaban J connectivity index is 2.06.